The standard InChI is InChI=1S/C17H11F2NO/c18-14-5-3-6-15(19)13(14)10-17(21)12-8-9-20-16-7-2-1-4-11(12)16/h1-9H,10H2. The molecule has 0 saturated heterocycles. The number of nitrogens with zero attached hydrogens (tertiary/aromatic N) is 1. The van der Waals surface area contributed by atoms with Crippen LogP contribution in [-0.2, 0) is 6.42 Å². The van der Waals surface area contributed by atoms with Gasteiger partial charge in [0.15, 0.2) is 5.78 Å². The highest BCUT2D eigenvalue weighted by Gasteiger charge is 2.16. The highest BCUT2D eigenvalue weighted by molar-refractivity contribution is 6.07. The summed E-state index contributed by atoms with van der Waals surface area (Å²) >= 11 is 0. The number of Topliss-reactive ketones (excluding diaryl/α,β-unsaturated/α-hetero) is 1. The van der Waals surface area contributed by atoms with Gasteiger partial charge in [-0.3, -0.25) is 9.78 Å². The first kappa shape index (κ1) is 13.4. The largest absolute Gasteiger partial charge is 0.294 e. The zero-order chi connectivity index (χ0) is 14.8. The average molecular weight is 283 g/mol. The fourth-order valence-corrected chi connectivity index (χ4v) is 2.30. The summed E-state index contributed by atoms with van der Waals surface area (Å²) in [5.41, 5.74) is 0.893. The van der Waals surface area contributed by atoms with E-state index in [2.05, 4.69) is 4.98 Å². The van der Waals surface area contributed by atoms with Crippen molar-refractivity contribution in [2.75, 3.05) is 0 Å². The number of fused-ring (bicyclic) bond motifs is 1. The van der Waals surface area contributed by atoms with Crippen LogP contribution < -0.4 is 0 Å². The maximum atomic E-state index is 13.6. The minimum atomic E-state index is -0.707. The van der Waals surface area contributed by atoms with Crippen LogP contribution in [0.15, 0.2) is 54.7 Å². The number of hydrogen-bond acceptors (Lipinski definition) is 2. The van der Waals surface area contributed by atoms with Gasteiger partial charge in [0.05, 0.1) is 5.52 Å². The number of para-hydroxylation sites is 1. The molecule has 3 rings (SSSR count). The third kappa shape index (κ3) is 2.52. The molecule has 1 heterocycles. The summed E-state index contributed by atoms with van der Waals surface area (Å²) in [6, 6.07) is 12.3. The third-order valence-corrected chi connectivity index (χ3v) is 3.35. The van der Waals surface area contributed by atoms with Crippen molar-refractivity contribution in [3.63, 3.8) is 0 Å². The number of benzene rings is 2. The van der Waals surface area contributed by atoms with Gasteiger partial charge in [0.25, 0.3) is 0 Å². The highest BCUT2D eigenvalue weighted by Crippen LogP contribution is 2.20. The molecule has 0 radical (unpaired) electrons. The van der Waals surface area contributed by atoms with E-state index >= 15 is 0 Å². The minimum absolute atomic E-state index is 0.205. The zero-order valence-corrected chi connectivity index (χ0v) is 11.0. The van der Waals surface area contributed by atoms with Crippen LogP contribution in [0.1, 0.15) is 15.9 Å². The number of ketones is 1. The average Bonchev–Trinajstić information content (AvgIpc) is 2.50. The number of rotatable bonds is 3. The lowest BCUT2D eigenvalue weighted by Crippen LogP contribution is -2.08. The van der Waals surface area contributed by atoms with E-state index in [1.807, 2.05) is 6.07 Å². The van der Waals surface area contributed by atoms with E-state index in [4.69, 9.17) is 0 Å². The number of pyridine rings is 1. The smallest absolute Gasteiger partial charge is 0.168 e. The number of halogens is 2. The molecule has 3 aromatic rings. The molecule has 2 nitrogen and oxygen atoms in total. The van der Waals surface area contributed by atoms with E-state index in [1.165, 1.54) is 12.3 Å². The summed E-state index contributed by atoms with van der Waals surface area (Å²) in [5.74, 6) is -1.75. The second-order valence-corrected chi connectivity index (χ2v) is 4.68. The van der Waals surface area contributed by atoms with Gasteiger partial charge >= 0.3 is 0 Å². The molecule has 0 unspecified atom stereocenters. The number of hydrogen-bond donors (Lipinski definition) is 0. The number of carbonyl (C=O) groups is 1. The Bertz CT molecular complexity index is 804. The van der Waals surface area contributed by atoms with Crippen LogP contribution in [-0.4, -0.2) is 10.8 Å². The first-order valence-corrected chi connectivity index (χ1v) is 6.46. The lowest BCUT2D eigenvalue weighted by Gasteiger charge is -2.07. The van der Waals surface area contributed by atoms with Gasteiger partial charge in [-0.05, 0) is 24.3 Å². The summed E-state index contributed by atoms with van der Waals surface area (Å²) in [5, 5.41) is 0.682. The van der Waals surface area contributed by atoms with Crippen molar-refractivity contribution in [3.8, 4) is 0 Å². The van der Waals surface area contributed by atoms with Gasteiger partial charge in [0.1, 0.15) is 11.6 Å². The zero-order valence-electron chi connectivity index (χ0n) is 11.0. The van der Waals surface area contributed by atoms with Gasteiger partial charge in [0.2, 0.25) is 0 Å². The van der Waals surface area contributed by atoms with Crippen molar-refractivity contribution in [1.82, 2.24) is 4.98 Å². The first-order chi connectivity index (χ1) is 10.2. The maximum Gasteiger partial charge on any atom is 0.168 e. The Labute approximate surface area is 120 Å². The molecular weight excluding hydrogens is 272 g/mol. The predicted molar refractivity (Wildman–Crippen MR) is 76.1 cm³/mol. The highest BCUT2D eigenvalue weighted by atomic mass is 19.1. The van der Waals surface area contributed by atoms with E-state index in [0.717, 1.165) is 12.1 Å². The lowest BCUT2D eigenvalue weighted by atomic mass is 9.99. The molecule has 2 aromatic carbocycles. The molecule has 0 atom stereocenters. The predicted octanol–water partition coefficient (Wildman–Crippen LogP) is 3.94. The Balaban J connectivity index is 2.02. The van der Waals surface area contributed by atoms with Gasteiger partial charge in [-0.15, -0.1) is 0 Å². The molecule has 0 saturated carbocycles. The Morgan fingerprint density at radius 1 is 0.952 bits per heavy atom. The van der Waals surface area contributed by atoms with Gasteiger partial charge < -0.3 is 0 Å². The van der Waals surface area contributed by atoms with Crippen molar-refractivity contribution in [3.05, 3.63) is 77.5 Å². The Morgan fingerprint density at radius 2 is 1.67 bits per heavy atom. The Morgan fingerprint density at radius 3 is 2.43 bits per heavy atom. The van der Waals surface area contributed by atoms with E-state index in [-0.39, 0.29) is 17.8 Å². The molecule has 0 N–H and O–H groups in total. The van der Waals surface area contributed by atoms with Crippen LogP contribution in [0.4, 0.5) is 8.78 Å². The van der Waals surface area contributed by atoms with Crippen LogP contribution in [0.5, 0.6) is 0 Å². The van der Waals surface area contributed by atoms with E-state index in [9.17, 15) is 13.6 Å². The molecule has 21 heavy (non-hydrogen) atoms. The minimum Gasteiger partial charge on any atom is -0.294 e. The SMILES string of the molecule is O=C(Cc1c(F)cccc1F)c1ccnc2ccccc12. The quantitative estimate of drug-likeness (QED) is 0.681. The lowest BCUT2D eigenvalue weighted by molar-refractivity contribution is 0.0992. The van der Waals surface area contributed by atoms with Crippen LogP contribution in [0, 0.1) is 11.6 Å². The fraction of sp³-hybridized carbons (Fsp3) is 0.0588. The van der Waals surface area contributed by atoms with Crippen LogP contribution in [0.2, 0.25) is 0 Å². The molecule has 0 aliphatic heterocycles. The summed E-state index contributed by atoms with van der Waals surface area (Å²) in [4.78, 5) is 16.5. The van der Waals surface area contributed by atoms with E-state index in [1.54, 1.807) is 24.3 Å². The summed E-state index contributed by atoms with van der Waals surface area (Å²) < 4.78 is 27.3. The third-order valence-electron chi connectivity index (χ3n) is 3.35. The maximum absolute atomic E-state index is 13.6. The topological polar surface area (TPSA) is 30.0 Å². The van der Waals surface area contributed by atoms with Gasteiger partial charge in [-0.1, -0.05) is 24.3 Å². The molecule has 1 aromatic heterocycles. The molecule has 0 bridgehead atoms. The summed E-state index contributed by atoms with van der Waals surface area (Å²) in [6.07, 6.45) is 1.21. The van der Waals surface area contributed by atoms with E-state index in [0.29, 0.717) is 16.5 Å². The number of aromatic nitrogens is 1. The van der Waals surface area contributed by atoms with Crippen molar-refractivity contribution >= 4 is 16.7 Å². The van der Waals surface area contributed by atoms with Crippen LogP contribution >= 0.6 is 0 Å². The molecule has 0 amide bonds. The summed E-state index contributed by atoms with van der Waals surface area (Å²) in [6.45, 7) is 0. The molecule has 104 valence electrons. The van der Waals surface area contributed by atoms with Crippen molar-refractivity contribution in [2.45, 2.75) is 6.42 Å². The molecular formula is C17H11F2NO. The van der Waals surface area contributed by atoms with Crippen molar-refractivity contribution < 1.29 is 13.6 Å². The van der Waals surface area contributed by atoms with Gasteiger partial charge in [-0.2, -0.15) is 0 Å². The second kappa shape index (κ2) is 5.40. The van der Waals surface area contributed by atoms with E-state index < -0.39 is 11.6 Å². The molecule has 0 aliphatic rings. The normalized spacial score (nSPS) is 10.8. The Kier molecular flexibility index (Phi) is 3.44. The van der Waals surface area contributed by atoms with Crippen molar-refractivity contribution in [2.24, 2.45) is 0 Å². The molecule has 0 fully saturated rings. The molecule has 0 aliphatic carbocycles. The van der Waals surface area contributed by atoms with Gasteiger partial charge in [0, 0.05) is 29.1 Å². The fourth-order valence-electron chi connectivity index (χ4n) is 2.30. The monoisotopic (exact) mass is 283 g/mol. The Hall–Kier alpha value is -2.62. The summed E-state index contributed by atoms with van der Waals surface area (Å²) in [7, 11) is 0. The second-order valence-electron chi connectivity index (χ2n) is 4.68. The van der Waals surface area contributed by atoms with Crippen LogP contribution in [0.3, 0.4) is 0 Å². The van der Waals surface area contributed by atoms with Crippen LogP contribution in [0.25, 0.3) is 10.9 Å². The van der Waals surface area contributed by atoms with Crippen molar-refractivity contribution in [1.29, 1.82) is 0 Å². The van der Waals surface area contributed by atoms with Gasteiger partial charge in [-0.25, -0.2) is 8.78 Å². The number of carbonyl (C=O) groups excluding carboxylic acids is 1. The molecule has 4 heteroatoms. The molecule has 0 spiro atoms. The first-order valence-electron chi connectivity index (χ1n) is 6.46.